The van der Waals surface area contributed by atoms with Crippen molar-refractivity contribution in [3.8, 4) is 11.5 Å². The van der Waals surface area contributed by atoms with Crippen LogP contribution in [0.2, 0.25) is 0 Å². The molecular weight excluding hydrogens is 426 g/mol. The molecule has 2 N–H and O–H groups in total. The number of amides is 3. The van der Waals surface area contributed by atoms with E-state index in [1.165, 1.54) is 9.58 Å². The van der Waals surface area contributed by atoms with Crippen molar-refractivity contribution >= 4 is 17.8 Å². The zero-order valence-electron chi connectivity index (χ0n) is 18.6. The van der Waals surface area contributed by atoms with Gasteiger partial charge >= 0.3 is 6.03 Å². The molecule has 3 aromatic heterocycles. The predicted octanol–water partition coefficient (Wildman–Crippen LogP) is 0.975. The van der Waals surface area contributed by atoms with Gasteiger partial charge < -0.3 is 20.2 Å². The van der Waals surface area contributed by atoms with Crippen molar-refractivity contribution < 1.29 is 14.7 Å². The van der Waals surface area contributed by atoms with Crippen molar-refractivity contribution in [1.29, 1.82) is 0 Å². The number of tetrazole rings is 1. The summed E-state index contributed by atoms with van der Waals surface area (Å²) in [4.78, 5) is 37.2. The average molecular weight is 451 g/mol. The van der Waals surface area contributed by atoms with Gasteiger partial charge in [0, 0.05) is 33.4 Å². The highest BCUT2D eigenvalue weighted by atomic mass is 16.3. The number of carbonyl (C=O) groups is 2. The molecule has 12 nitrogen and oxygen atoms in total. The number of pyridine rings is 2. The molecule has 3 aromatic rings. The van der Waals surface area contributed by atoms with Crippen molar-refractivity contribution in [2.75, 3.05) is 32.6 Å². The van der Waals surface area contributed by atoms with E-state index in [2.05, 4.69) is 30.8 Å². The maximum absolute atomic E-state index is 12.9. The van der Waals surface area contributed by atoms with Crippen LogP contribution in [0, 0.1) is 0 Å². The first-order valence-electron chi connectivity index (χ1n) is 10.5. The average Bonchev–Trinajstić information content (AvgIpc) is 3.32. The molecular formula is C21H25N9O3. The summed E-state index contributed by atoms with van der Waals surface area (Å²) in [5.41, 5.74) is 2.61. The number of aliphatic hydroxyl groups excluding tert-OH is 1. The van der Waals surface area contributed by atoms with Gasteiger partial charge in [0.05, 0.1) is 12.6 Å². The van der Waals surface area contributed by atoms with Crippen LogP contribution in [-0.2, 0) is 13.0 Å². The molecule has 0 unspecified atom stereocenters. The van der Waals surface area contributed by atoms with Crippen LogP contribution in [0.25, 0.3) is 11.5 Å². The first-order chi connectivity index (χ1) is 15.9. The van der Waals surface area contributed by atoms with E-state index in [0.717, 1.165) is 11.1 Å². The summed E-state index contributed by atoms with van der Waals surface area (Å²) >= 11 is 0. The number of aromatic nitrogens is 6. The highest BCUT2D eigenvalue weighted by Gasteiger charge is 2.23. The molecule has 0 radical (unpaired) electrons. The minimum Gasteiger partial charge on any atom is -0.394 e. The molecule has 1 aliphatic heterocycles. The zero-order valence-corrected chi connectivity index (χ0v) is 18.6. The summed E-state index contributed by atoms with van der Waals surface area (Å²) < 4.78 is 1.47. The highest BCUT2D eigenvalue weighted by molar-refractivity contribution is 6.02. The number of fused-ring (bicyclic) bond motifs is 1. The zero-order chi connectivity index (χ0) is 23.5. The first-order valence-corrected chi connectivity index (χ1v) is 10.5. The maximum atomic E-state index is 12.9. The molecule has 172 valence electrons. The number of nitrogens with one attached hydrogen (secondary N) is 1. The van der Waals surface area contributed by atoms with Crippen LogP contribution in [0.15, 0.2) is 30.5 Å². The standard InChI is InChI=1S/C21H25N9O3/c1-13(12-31)30-19(25-26-27-30)16-5-4-6-18(23-16)24-20(32)17-9-15-11-29(21(33)28(2)3)8-7-14(15)10-22-17/h4-6,9-10,13,31H,7-8,11-12H2,1-3H3,(H,23,24,32)/t13-/m1/s1. The topological polar surface area (TPSA) is 142 Å². The largest absolute Gasteiger partial charge is 0.394 e. The Bertz CT molecular complexity index is 1180. The van der Waals surface area contributed by atoms with Gasteiger partial charge in [-0.05, 0) is 53.1 Å². The third-order valence-electron chi connectivity index (χ3n) is 5.38. The molecule has 0 aromatic carbocycles. The highest BCUT2D eigenvalue weighted by Crippen LogP contribution is 2.21. The van der Waals surface area contributed by atoms with Gasteiger partial charge in [-0.25, -0.2) is 14.5 Å². The Morgan fingerprint density at radius 3 is 2.85 bits per heavy atom. The van der Waals surface area contributed by atoms with E-state index in [9.17, 15) is 14.7 Å². The van der Waals surface area contributed by atoms with Crippen LogP contribution in [0.5, 0.6) is 0 Å². The molecule has 1 atom stereocenters. The van der Waals surface area contributed by atoms with Crippen molar-refractivity contribution in [2.24, 2.45) is 0 Å². The third-order valence-corrected chi connectivity index (χ3v) is 5.38. The molecule has 4 heterocycles. The van der Waals surface area contributed by atoms with Gasteiger partial charge in [-0.1, -0.05) is 6.07 Å². The van der Waals surface area contributed by atoms with E-state index in [1.807, 2.05) is 0 Å². The van der Waals surface area contributed by atoms with Gasteiger partial charge in [-0.3, -0.25) is 9.78 Å². The molecule has 1 aliphatic rings. The molecule has 3 amide bonds. The Morgan fingerprint density at radius 1 is 1.27 bits per heavy atom. The number of aliphatic hydroxyl groups is 1. The van der Waals surface area contributed by atoms with E-state index >= 15 is 0 Å². The SMILES string of the molecule is C[C@H](CO)n1nnnc1-c1cccc(NC(=O)c2cc3c(cn2)CCN(C(=O)N(C)C)C3)n1. The summed E-state index contributed by atoms with van der Waals surface area (Å²) in [6.07, 6.45) is 2.38. The minimum atomic E-state index is -0.415. The van der Waals surface area contributed by atoms with Crippen LogP contribution < -0.4 is 5.32 Å². The second kappa shape index (κ2) is 9.28. The Hall–Kier alpha value is -3.93. The Labute approximate surface area is 190 Å². The lowest BCUT2D eigenvalue weighted by atomic mass is 10.0. The van der Waals surface area contributed by atoms with Crippen LogP contribution >= 0.6 is 0 Å². The summed E-state index contributed by atoms with van der Waals surface area (Å²) in [7, 11) is 3.43. The van der Waals surface area contributed by atoms with E-state index in [-0.39, 0.29) is 24.4 Å². The summed E-state index contributed by atoms with van der Waals surface area (Å²) in [6, 6.07) is 6.42. The molecule has 33 heavy (non-hydrogen) atoms. The van der Waals surface area contributed by atoms with E-state index < -0.39 is 5.91 Å². The maximum Gasteiger partial charge on any atom is 0.319 e. The van der Waals surface area contributed by atoms with Crippen molar-refractivity contribution in [3.63, 3.8) is 0 Å². The fraction of sp³-hybridized carbons (Fsp3) is 0.381. The van der Waals surface area contributed by atoms with Gasteiger partial charge in [-0.2, -0.15) is 0 Å². The minimum absolute atomic E-state index is 0.0673. The Morgan fingerprint density at radius 2 is 2.09 bits per heavy atom. The van der Waals surface area contributed by atoms with Crippen LogP contribution in [-0.4, -0.2) is 84.3 Å². The number of nitrogens with zero attached hydrogens (tertiary/aromatic N) is 8. The smallest absolute Gasteiger partial charge is 0.319 e. The molecule has 0 aliphatic carbocycles. The van der Waals surface area contributed by atoms with E-state index in [4.69, 9.17) is 0 Å². The van der Waals surface area contributed by atoms with Gasteiger partial charge in [0.2, 0.25) is 5.82 Å². The summed E-state index contributed by atoms with van der Waals surface area (Å²) in [5, 5.41) is 23.7. The van der Waals surface area contributed by atoms with Crippen molar-refractivity contribution in [3.05, 3.63) is 47.3 Å². The Kier molecular flexibility index (Phi) is 6.27. The molecule has 0 fully saturated rings. The van der Waals surface area contributed by atoms with Gasteiger partial charge in [0.1, 0.15) is 17.2 Å². The quantitative estimate of drug-likeness (QED) is 0.584. The lowest BCUT2D eigenvalue weighted by molar-refractivity contribution is 0.102. The van der Waals surface area contributed by atoms with E-state index in [1.54, 1.807) is 56.4 Å². The van der Waals surface area contributed by atoms with Crippen molar-refractivity contribution in [1.82, 2.24) is 40.0 Å². The van der Waals surface area contributed by atoms with Gasteiger partial charge in [0.25, 0.3) is 5.91 Å². The summed E-state index contributed by atoms with van der Waals surface area (Å²) in [5.74, 6) is 0.277. The van der Waals surface area contributed by atoms with Crippen molar-refractivity contribution in [2.45, 2.75) is 25.9 Å². The fourth-order valence-corrected chi connectivity index (χ4v) is 3.55. The monoisotopic (exact) mass is 451 g/mol. The van der Waals surface area contributed by atoms with Crippen LogP contribution in [0.4, 0.5) is 10.6 Å². The fourth-order valence-electron chi connectivity index (χ4n) is 3.55. The number of rotatable bonds is 5. The van der Waals surface area contributed by atoms with Crippen LogP contribution in [0.3, 0.4) is 0 Å². The predicted molar refractivity (Wildman–Crippen MR) is 118 cm³/mol. The lowest BCUT2D eigenvalue weighted by Gasteiger charge is -2.31. The molecule has 12 heteroatoms. The number of carbonyl (C=O) groups excluding carboxylic acids is 2. The third kappa shape index (κ3) is 4.65. The van der Waals surface area contributed by atoms with Crippen LogP contribution in [0.1, 0.15) is 34.6 Å². The van der Waals surface area contributed by atoms with E-state index in [0.29, 0.717) is 36.8 Å². The second-order valence-corrected chi connectivity index (χ2v) is 8.03. The molecule has 4 rings (SSSR count). The van der Waals surface area contributed by atoms with Gasteiger partial charge in [0.15, 0.2) is 0 Å². The Balaban J connectivity index is 1.52. The lowest BCUT2D eigenvalue weighted by Crippen LogP contribution is -2.42. The number of hydrogen-bond acceptors (Lipinski definition) is 8. The number of hydrogen-bond donors (Lipinski definition) is 2. The first kappa shape index (κ1) is 22.3. The second-order valence-electron chi connectivity index (χ2n) is 8.03. The normalized spacial score (nSPS) is 13.9. The molecule has 0 saturated carbocycles. The molecule has 0 spiro atoms. The number of anilines is 1. The van der Waals surface area contributed by atoms with Gasteiger partial charge in [-0.15, -0.1) is 5.10 Å². The molecule has 0 saturated heterocycles. The summed E-state index contributed by atoms with van der Waals surface area (Å²) in [6.45, 7) is 2.69. The number of urea groups is 1. The molecule has 0 bridgehead atoms.